The molecule has 3 nitrogen and oxygen atoms in total. The standard InChI is InChI=1S/C17H19FN2O/c1-10-4-3-5-11(2)16(10)14-6-12(18)7-15-17(14)21-13(8-19)9-20-15/h3-7,13,20H,8-9,19H2,1-2H3. The number of nitrogens with one attached hydrogen (secondary N) is 1. The van der Waals surface area contributed by atoms with Crippen molar-refractivity contribution in [2.24, 2.45) is 5.73 Å². The number of nitrogens with two attached hydrogens (primary N) is 1. The Balaban J connectivity index is 2.21. The van der Waals surface area contributed by atoms with Gasteiger partial charge in [0.15, 0.2) is 5.75 Å². The third kappa shape index (κ3) is 2.47. The first kappa shape index (κ1) is 13.9. The van der Waals surface area contributed by atoms with Gasteiger partial charge in [-0.05, 0) is 36.6 Å². The second-order valence-electron chi connectivity index (χ2n) is 5.45. The zero-order chi connectivity index (χ0) is 15.0. The summed E-state index contributed by atoms with van der Waals surface area (Å²) in [5, 5.41) is 3.21. The molecule has 1 aliphatic heterocycles. The van der Waals surface area contributed by atoms with Crippen LogP contribution in [0.15, 0.2) is 30.3 Å². The van der Waals surface area contributed by atoms with Gasteiger partial charge < -0.3 is 15.8 Å². The highest BCUT2D eigenvalue weighted by atomic mass is 19.1. The van der Waals surface area contributed by atoms with E-state index in [0.29, 0.717) is 24.5 Å². The van der Waals surface area contributed by atoms with Crippen LogP contribution in [-0.4, -0.2) is 19.2 Å². The van der Waals surface area contributed by atoms with Crippen LogP contribution in [0.3, 0.4) is 0 Å². The third-order valence-corrected chi connectivity index (χ3v) is 3.87. The molecule has 0 aromatic heterocycles. The maximum absolute atomic E-state index is 14.0. The maximum atomic E-state index is 14.0. The average Bonchev–Trinajstić information content (AvgIpc) is 2.46. The largest absolute Gasteiger partial charge is 0.484 e. The Morgan fingerprint density at radius 3 is 2.67 bits per heavy atom. The highest BCUT2D eigenvalue weighted by molar-refractivity contribution is 5.82. The van der Waals surface area contributed by atoms with Gasteiger partial charge in [0.2, 0.25) is 0 Å². The van der Waals surface area contributed by atoms with Crippen molar-refractivity contribution >= 4 is 5.69 Å². The molecular weight excluding hydrogens is 267 g/mol. The lowest BCUT2D eigenvalue weighted by Crippen LogP contribution is -2.37. The molecule has 2 aromatic carbocycles. The van der Waals surface area contributed by atoms with E-state index in [4.69, 9.17) is 10.5 Å². The molecule has 1 unspecified atom stereocenters. The quantitative estimate of drug-likeness (QED) is 0.891. The van der Waals surface area contributed by atoms with Crippen LogP contribution in [0, 0.1) is 19.7 Å². The van der Waals surface area contributed by atoms with E-state index in [0.717, 1.165) is 22.3 Å². The summed E-state index contributed by atoms with van der Waals surface area (Å²) >= 11 is 0. The van der Waals surface area contributed by atoms with Crippen molar-refractivity contribution < 1.29 is 9.13 Å². The number of halogens is 1. The first-order valence-electron chi connectivity index (χ1n) is 7.11. The van der Waals surface area contributed by atoms with Crippen LogP contribution in [-0.2, 0) is 0 Å². The van der Waals surface area contributed by atoms with Crippen LogP contribution in [0.2, 0.25) is 0 Å². The van der Waals surface area contributed by atoms with Crippen LogP contribution < -0.4 is 15.8 Å². The Kier molecular flexibility index (Phi) is 3.55. The van der Waals surface area contributed by atoms with Crippen molar-refractivity contribution in [3.8, 4) is 16.9 Å². The van der Waals surface area contributed by atoms with Crippen molar-refractivity contribution in [3.63, 3.8) is 0 Å². The van der Waals surface area contributed by atoms with Gasteiger partial charge in [0.25, 0.3) is 0 Å². The highest BCUT2D eigenvalue weighted by Crippen LogP contribution is 2.42. The second kappa shape index (κ2) is 5.37. The number of fused-ring (bicyclic) bond motifs is 1. The molecule has 1 heterocycles. The summed E-state index contributed by atoms with van der Waals surface area (Å²) < 4.78 is 19.9. The minimum absolute atomic E-state index is 0.0916. The first-order valence-corrected chi connectivity index (χ1v) is 7.11. The topological polar surface area (TPSA) is 47.3 Å². The van der Waals surface area contributed by atoms with Crippen LogP contribution in [0.5, 0.6) is 5.75 Å². The highest BCUT2D eigenvalue weighted by Gasteiger charge is 2.24. The lowest BCUT2D eigenvalue weighted by atomic mass is 9.94. The van der Waals surface area contributed by atoms with Gasteiger partial charge in [-0.2, -0.15) is 0 Å². The normalized spacial score (nSPS) is 16.9. The van der Waals surface area contributed by atoms with E-state index in [1.54, 1.807) is 0 Å². The van der Waals surface area contributed by atoms with Crippen molar-refractivity contribution in [2.45, 2.75) is 20.0 Å². The number of anilines is 1. The molecule has 0 fully saturated rings. The Hall–Kier alpha value is -2.07. The molecule has 1 atom stereocenters. The molecule has 21 heavy (non-hydrogen) atoms. The summed E-state index contributed by atoms with van der Waals surface area (Å²) in [5.74, 6) is 0.421. The van der Waals surface area contributed by atoms with Crippen molar-refractivity contribution in [1.29, 1.82) is 0 Å². The summed E-state index contributed by atoms with van der Waals surface area (Å²) in [6, 6.07) is 9.06. The number of ether oxygens (including phenoxy) is 1. The zero-order valence-corrected chi connectivity index (χ0v) is 12.2. The number of hydrogen-bond donors (Lipinski definition) is 2. The molecular formula is C17H19FN2O. The smallest absolute Gasteiger partial charge is 0.151 e. The summed E-state index contributed by atoms with van der Waals surface area (Å²) in [6.45, 7) is 5.07. The Morgan fingerprint density at radius 2 is 2.00 bits per heavy atom. The van der Waals surface area contributed by atoms with Gasteiger partial charge in [0.1, 0.15) is 11.9 Å². The molecule has 0 spiro atoms. The van der Waals surface area contributed by atoms with Gasteiger partial charge in [0, 0.05) is 18.2 Å². The number of benzene rings is 2. The first-order chi connectivity index (χ1) is 10.1. The van der Waals surface area contributed by atoms with Gasteiger partial charge in [-0.3, -0.25) is 0 Å². The molecule has 0 aliphatic carbocycles. The van der Waals surface area contributed by atoms with E-state index >= 15 is 0 Å². The molecule has 0 amide bonds. The van der Waals surface area contributed by atoms with Gasteiger partial charge in [-0.1, -0.05) is 18.2 Å². The summed E-state index contributed by atoms with van der Waals surface area (Å²) in [4.78, 5) is 0. The Morgan fingerprint density at radius 1 is 1.29 bits per heavy atom. The average molecular weight is 286 g/mol. The molecule has 0 bridgehead atoms. The lowest BCUT2D eigenvalue weighted by Gasteiger charge is -2.29. The van der Waals surface area contributed by atoms with E-state index in [1.807, 2.05) is 32.0 Å². The minimum Gasteiger partial charge on any atom is -0.484 e. The number of aryl methyl sites for hydroxylation is 2. The van der Waals surface area contributed by atoms with Gasteiger partial charge >= 0.3 is 0 Å². The molecule has 2 aromatic rings. The minimum atomic E-state index is -0.270. The number of rotatable bonds is 2. The van der Waals surface area contributed by atoms with E-state index in [-0.39, 0.29) is 11.9 Å². The van der Waals surface area contributed by atoms with E-state index < -0.39 is 0 Å². The van der Waals surface area contributed by atoms with Gasteiger partial charge in [-0.25, -0.2) is 4.39 Å². The number of hydrogen-bond acceptors (Lipinski definition) is 3. The maximum Gasteiger partial charge on any atom is 0.151 e. The second-order valence-corrected chi connectivity index (χ2v) is 5.45. The molecule has 0 radical (unpaired) electrons. The predicted molar refractivity (Wildman–Crippen MR) is 83.3 cm³/mol. The molecule has 3 N–H and O–H groups in total. The monoisotopic (exact) mass is 286 g/mol. The fraction of sp³-hybridized carbons (Fsp3) is 0.294. The summed E-state index contributed by atoms with van der Waals surface area (Å²) in [6.07, 6.45) is -0.0916. The SMILES string of the molecule is Cc1cccc(C)c1-c1cc(F)cc2c1OC(CN)CN2. The summed E-state index contributed by atoms with van der Waals surface area (Å²) in [7, 11) is 0. The van der Waals surface area contributed by atoms with Gasteiger partial charge in [0.05, 0.1) is 12.2 Å². The molecule has 1 aliphatic rings. The van der Waals surface area contributed by atoms with Crippen LogP contribution in [0.4, 0.5) is 10.1 Å². The Labute approximate surface area is 123 Å². The third-order valence-electron chi connectivity index (χ3n) is 3.87. The fourth-order valence-electron chi connectivity index (χ4n) is 2.84. The molecule has 110 valence electrons. The van der Waals surface area contributed by atoms with Crippen molar-refractivity contribution in [2.75, 3.05) is 18.4 Å². The van der Waals surface area contributed by atoms with Crippen LogP contribution in [0.25, 0.3) is 11.1 Å². The van der Waals surface area contributed by atoms with E-state index in [9.17, 15) is 4.39 Å². The zero-order valence-electron chi connectivity index (χ0n) is 12.2. The summed E-state index contributed by atoms with van der Waals surface area (Å²) in [5.41, 5.74) is 10.4. The van der Waals surface area contributed by atoms with Crippen LogP contribution >= 0.6 is 0 Å². The molecule has 4 heteroatoms. The molecule has 3 rings (SSSR count). The fourth-order valence-corrected chi connectivity index (χ4v) is 2.84. The molecule has 0 saturated carbocycles. The van der Waals surface area contributed by atoms with E-state index in [1.165, 1.54) is 12.1 Å². The van der Waals surface area contributed by atoms with Crippen molar-refractivity contribution in [3.05, 3.63) is 47.3 Å². The van der Waals surface area contributed by atoms with E-state index in [2.05, 4.69) is 5.32 Å². The molecule has 0 saturated heterocycles. The van der Waals surface area contributed by atoms with Crippen molar-refractivity contribution in [1.82, 2.24) is 0 Å². The predicted octanol–water partition coefficient (Wildman–Crippen LogP) is 3.24. The van der Waals surface area contributed by atoms with Gasteiger partial charge in [-0.15, -0.1) is 0 Å². The Bertz CT molecular complexity index is 664. The lowest BCUT2D eigenvalue weighted by molar-refractivity contribution is 0.215. The van der Waals surface area contributed by atoms with Crippen LogP contribution in [0.1, 0.15) is 11.1 Å².